The smallest absolute Gasteiger partial charge is 0.381 e. The molecule has 0 aliphatic heterocycles. The van der Waals surface area contributed by atoms with Crippen molar-refractivity contribution < 1.29 is 17.6 Å². The molecule has 0 aliphatic rings. The average molecular weight is 447 g/mol. The highest BCUT2D eigenvalue weighted by molar-refractivity contribution is 6.31. The Labute approximate surface area is 179 Å². The van der Waals surface area contributed by atoms with Gasteiger partial charge in [-0.3, -0.25) is 0 Å². The Hall–Kier alpha value is -3.39. The lowest BCUT2D eigenvalue weighted by Gasteiger charge is -2.12. The van der Waals surface area contributed by atoms with Crippen molar-refractivity contribution in [2.24, 2.45) is 0 Å². The summed E-state index contributed by atoms with van der Waals surface area (Å²) in [5, 5.41) is 6.86. The zero-order valence-corrected chi connectivity index (χ0v) is 16.6. The Balaban J connectivity index is 1.57. The molecule has 1 aromatic heterocycles. The van der Waals surface area contributed by atoms with Crippen LogP contribution in [0.5, 0.6) is 0 Å². The van der Waals surface area contributed by atoms with E-state index in [1.54, 1.807) is 24.3 Å². The van der Waals surface area contributed by atoms with E-state index >= 15 is 0 Å². The lowest BCUT2D eigenvalue weighted by molar-refractivity contribution is -0.137. The summed E-state index contributed by atoms with van der Waals surface area (Å²) in [5.41, 5.74) is 1.70. The molecule has 4 aromatic rings. The van der Waals surface area contributed by atoms with Crippen LogP contribution in [-0.4, -0.2) is 9.97 Å². The van der Waals surface area contributed by atoms with Crippen LogP contribution >= 0.6 is 11.6 Å². The first kappa shape index (κ1) is 20.9. The summed E-state index contributed by atoms with van der Waals surface area (Å²) in [4.78, 5) is 8.46. The standard InChI is InChI=1S/C22H15ClF4N4/c23-18-10-16(4-6-19(18)24)31-21-17-9-15(5-7-20(17)29-12-30-21)28-11-13-2-1-3-14(8-13)22(25,26)27/h1-10,12,28H,11H2,(H,29,30,31). The molecule has 158 valence electrons. The van der Waals surface area contributed by atoms with Crippen LogP contribution in [0.2, 0.25) is 5.02 Å². The highest BCUT2D eigenvalue weighted by Crippen LogP contribution is 2.30. The van der Waals surface area contributed by atoms with Crippen molar-refractivity contribution in [2.45, 2.75) is 12.7 Å². The van der Waals surface area contributed by atoms with Gasteiger partial charge in [0.25, 0.3) is 0 Å². The van der Waals surface area contributed by atoms with E-state index in [4.69, 9.17) is 11.6 Å². The normalized spacial score (nSPS) is 11.5. The molecule has 0 aliphatic carbocycles. The molecule has 0 saturated heterocycles. The number of benzene rings is 3. The van der Waals surface area contributed by atoms with E-state index in [1.165, 1.54) is 30.6 Å². The second-order valence-corrected chi connectivity index (χ2v) is 7.17. The van der Waals surface area contributed by atoms with Gasteiger partial charge in [0.15, 0.2) is 0 Å². The number of anilines is 3. The molecule has 0 bridgehead atoms. The fraction of sp³-hybridized carbons (Fsp3) is 0.0909. The highest BCUT2D eigenvalue weighted by atomic mass is 35.5. The van der Waals surface area contributed by atoms with Crippen LogP contribution < -0.4 is 10.6 Å². The number of aromatic nitrogens is 2. The van der Waals surface area contributed by atoms with Crippen LogP contribution in [0.3, 0.4) is 0 Å². The SMILES string of the molecule is Fc1ccc(Nc2ncnc3ccc(NCc4cccc(C(F)(F)F)c4)cc23)cc1Cl. The number of hydrogen-bond acceptors (Lipinski definition) is 4. The molecule has 0 spiro atoms. The van der Waals surface area contributed by atoms with Crippen molar-refractivity contribution in [1.29, 1.82) is 0 Å². The minimum atomic E-state index is -4.39. The summed E-state index contributed by atoms with van der Waals surface area (Å²) in [6, 6.07) is 14.7. The number of rotatable bonds is 5. The van der Waals surface area contributed by atoms with Crippen LogP contribution in [0.4, 0.5) is 34.8 Å². The van der Waals surface area contributed by atoms with Crippen molar-refractivity contribution in [1.82, 2.24) is 9.97 Å². The van der Waals surface area contributed by atoms with Crippen molar-refractivity contribution in [3.8, 4) is 0 Å². The van der Waals surface area contributed by atoms with Gasteiger partial charge >= 0.3 is 6.18 Å². The zero-order chi connectivity index (χ0) is 22.0. The first-order chi connectivity index (χ1) is 14.8. The van der Waals surface area contributed by atoms with Gasteiger partial charge in [-0.2, -0.15) is 13.2 Å². The van der Waals surface area contributed by atoms with Crippen molar-refractivity contribution in [3.05, 3.63) is 89.0 Å². The predicted octanol–water partition coefficient (Wildman–Crippen LogP) is 6.80. The number of hydrogen-bond donors (Lipinski definition) is 2. The van der Waals surface area contributed by atoms with Crippen molar-refractivity contribution >= 4 is 39.7 Å². The second-order valence-electron chi connectivity index (χ2n) is 6.76. The summed E-state index contributed by atoms with van der Waals surface area (Å²) in [7, 11) is 0. The third-order valence-electron chi connectivity index (χ3n) is 4.57. The van der Waals surface area contributed by atoms with Gasteiger partial charge in [-0.25, -0.2) is 14.4 Å². The van der Waals surface area contributed by atoms with E-state index in [1.807, 2.05) is 0 Å². The van der Waals surface area contributed by atoms with E-state index in [9.17, 15) is 17.6 Å². The Bertz CT molecular complexity index is 1240. The predicted molar refractivity (Wildman–Crippen MR) is 113 cm³/mol. The number of nitrogens with one attached hydrogen (secondary N) is 2. The topological polar surface area (TPSA) is 49.8 Å². The van der Waals surface area contributed by atoms with E-state index in [0.717, 1.165) is 12.1 Å². The number of halogens is 5. The molecule has 1 heterocycles. The Morgan fingerprint density at radius 1 is 0.903 bits per heavy atom. The van der Waals surface area contributed by atoms with Crippen molar-refractivity contribution in [3.63, 3.8) is 0 Å². The molecule has 0 fully saturated rings. The van der Waals surface area contributed by atoms with Crippen molar-refractivity contribution in [2.75, 3.05) is 10.6 Å². The maximum Gasteiger partial charge on any atom is 0.416 e. The van der Waals surface area contributed by atoms with E-state index < -0.39 is 17.6 Å². The Morgan fingerprint density at radius 2 is 1.71 bits per heavy atom. The molecule has 9 heteroatoms. The largest absolute Gasteiger partial charge is 0.416 e. The minimum absolute atomic E-state index is 0.0215. The molecule has 4 nitrogen and oxygen atoms in total. The molecule has 0 amide bonds. The lowest BCUT2D eigenvalue weighted by Crippen LogP contribution is -2.07. The molecule has 0 atom stereocenters. The van der Waals surface area contributed by atoms with Gasteiger partial charge in [0.2, 0.25) is 0 Å². The van der Waals surface area contributed by atoms with Crippen LogP contribution in [0, 0.1) is 5.82 Å². The van der Waals surface area contributed by atoms with Gasteiger partial charge in [-0.1, -0.05) is 23.7 Å². The van der Waals surface area contributed by atoms with E-state index in [2.05, 4.69) is 20.6 Å². The van der Waals surface area contributed by atoms with Gasteiger partial charge in [0, 0.05) is 23.3 Å². The Kier molecular flexibility index (Phi) is 5.65. The van der Waals surface area contributed by atoms with Crippen LogP contribution in [0.25, 0.3) is 10.9 Å². The van der Waals surface area contributed by atoms with Crippen LogP contribution in [-0.2, 0) is 12.7 Å². The fourth-order valence-corrected chi connectivity index (χ4v) is 3.22. The number of nitrogens with zero attached hydrogens (tertiary/aromatic N) is 2. The van der Waals surface area contributed by atoms with Crippen LogP contribution in [0.1, 0.15) is 11.1 Å². The third-order valence-corrected chi connectivity index (χ3v) is 4.86. The zero-order valence-electron chi connectivity index (χ0n) is 15.8. The maximum atomic E-state index is 13.4. The van der Waals surface area contributed by atoms with Gasteiger partial charge in [0.05, 0.1) is 16.1 Å². The Morgan fingerprint density at radius 3 is 2.48 bits per heavy atom. The average Bonchev–Trinajstić information content (AvgIpc) is 2.75. The quantitative estimate of drug-likeness (QED) is 0.331. The van der Waals surface area contributed by atoms with Gasteiger partial charge in [-0.15, -0.1) is 0 Å². The number of fused-ring (bicyclic) bond motifs is 1. The molecule has 0 radical (unpaired) electrons. The summed E-state index contributed by atoms with van der Waals surface area (Å²) in [6.07, 6.45) is -2.99. The molecule has 31 heavy (non-hydrogen) atoms. The molecular formula is C22H15ClF4N4. The summed E-state index contributed by atoms with van der Waals surface area (Å²) in [6.45, 7) is 0.208. The maximum absolute atomic E-state index is 13.4. The first-order valence-electron chi connectivity index (χ1n) is 9.16. The third kappa shape index (κ3) is 4.86. The summed E-state index contributed by atoms with van der Waals surface area (Å²) >= 11 is 5.83. The van der Waals surface area contributed by atoms with E-state index in [-0.39, 0.29) is 11.6 Å². The minimum Gasteiger partial charge on any atom is -0.381 e. The molecule has 3 aromatic carbocycles. The monoisotopic (exact) mass is 446 g/mol. The fourth-order valence-electron chi connectivity index (χ4n) is 3.04. The second kappa shape index (κ2) is 8.39. The molecule has 2 N–H and O–H groups in total. The van der Waals surface area contributed by atoms with Gasteiger partial charge in [0.1, 0.15) is 18.0 Å². The molecule has 4 rings (SSSR count). The van der Waals surface area contributed by atoms with Gasteiger partial charge < -0.3 is 10.6 Å². The summed E-state index contributed by atoms with van der Waals surface area (Å²) in [5.74, 6) is -0.0452. The van der Waals surface area contributed by atoms with Crippen LogP contribution in [0.15, 0.2) is 67.0 Å². The highest BCUT2D eigenvalue weighted by Gasteiger charge is 2.30. The molecular weight excluding hydrogens is 432 g/mol. The van der Waals surface area contributed by atoms with E-state index in [0.29, 0.717) is 33.7 Å². The summed E-state index contributed by atoms with van der Waals surface area (Å²) < 4.78 is 52.1. The lowest BCUT2D eigenvalue weighted by atomic mass is 10.1. The van der Waals surface area contributed by atoms with Gasteiger partial charge in [-0.05, 0) is 54.1 Å². The molecule has 0 saturated carbocycles. The first-order valence-corrected chi connectivity index (χ1v) is 9.54. The number of alkyl halides is 3. The molecule has 0 unspecified atom stereocenters.